The lowest BCUT2D eigenvalue weighted by Crippen LogP contribution is -2.29. The lowest BCUT2D eigenvalue weighted by atomic mass is 10.0. The largest absolute Gasteiger partial charge is 0.472 e. The van der Waals surface area contributed by atoms with Crippen LogP contribution in [0.3, 0.4) is 0 Å². The maximum absolute atomic E-state index is 12.7. The van der Waals surface area contributed by atoms with Gasteiger partial charge in [-0.05, 0) is 122 Å². The van der Waals surface area contributed by atoms with Crippen LogP contribution >= 0.6 is 7.82 Å². The first-order chi connectivity index (χ1) is 39.8. The van der Waals surface area contributed by atoms with Crippen molar-refractivity contribution in [2.45, 2.75) is 251 Å². The van der Waals surface area contributed by atoms with Crippen LogP contribution in [0.15, 0.2) is 158 Å². The van der Waals surface area contributed by atoms with Crippen molar-refractivity contribution >= 4 is 19.8 Å². The normalized spacial score (nSPS) is 14.1. The smallest absolute Gasteiger partial charge is 0.462 e. The topological polar surface area (TPSA) is 134 Å². The molecule has 0 aliphatic heterocycles. The molecular weight excluding hydrogens is 1030 g/mol. The second-order valence-electron chi connectivity index (χ2n) is 20.5. The fraction of sp³-hybridized carbons (Fsp3) is 0.606. The molecule has 0 heterocycles. The fourth-order valence-electron chi connectivity index (χ4n) is 8.27. The third kappa shape index (κ3) is 64.7. The summed E-state index contributed by atoms with van der Waals surface area (Å²) in [6, 6.07) is 0. The molecule has 0 radical (unpaired) electrons. The number of hydrogen-bond acceptors (Lipinski definition) is 8. The second-order valence-corrected chi connectivity index (χ2v) is 22.0. The van der Waals surface area contributed by atoms with E-state index < -0.39 is 32.5 Å². The minimum Gasteiger partial charge on any atom is -0.462 e. The average Bonchev–Trinajstić information content (AvgIpc) is 3.46. The fourth-order valence-corrected chi connectivity index (χ4v) is 9.03. The first kappa shape index (κ1) is 76.6. The highest BCUT2D eigenvalue weighted by molar-refractivity contribution is 7.47. The van der Waals surface area contributed by atoms with Crippen molar-refractivity contribution in [3.63, 3.8) is 0 Å². The van der Waals surface area contributed by atoms with Crippen LogP contribution in [0, 0.1) is 0 Å². The van der Waals surface area contributed by atoms with E-state index in [1.54, 1.807) is 0 Å². The molecule has 9 nitrogen and oxygen atoms in total. The molecular formula is C71H116NO8P. The predicted molar refractivity (Wildman–Crippen MR) is 348 cm³/mol. The van der Waals surface area contributed by atoms with Crippen molar-refractivity contribution in [1.29, 1.82) is 0 Å². The number of allylic oxidation sites excluding steroid dienone is 26. The van der Waals surface area contributed by atoms with Crippen molar-refractivity contribution in [3.8, 4) is 0 Å². The Bertz CT molecular complexity index is 1880. The summed E-state index contributed by atoms with van der Waals surface area (Å²) < 4.78 is 33.1. The van der Waals surface area contributed by atoms with Gasteiger partial charge in [-0.3, -0.25) is 18.6 Å². The molecule has 0 saturated heterocycles. The molecule has 0 aliphatic rings. The van der Waals surface area contributed by atoms with Gasteiger partial charge in [0.15, 0.2) is 6.10 Å². The molecule has 0 fully saturated rings. The number of esters is 2. The highest BCUT2D eigenvalue weighted by Crippen LogP contribution is 2.43. The first-order valence-electron chi connectivity index (χ1n) is 32.0. The molecule has 0 rings (SSSR count). The van der Waals surface area contributed by atoms with Crippen LogP contribution in [0.2, 0.25) is 0 Å². The zero-order chi connectivity index (χ0) is 58.7. The monoisotopic (exact) mass is 1140 g/mol. The number of rotatable bonds is 58. The third-order valence-corrected chi connectivity index (χ3v) is 13.9. The van der Waals surface area contributed by atoms with E-state index in [1.165, 1.54) is 96.3 Å². The maximum atomic E-state index is 12.7. The van der Waals surface area contributed by atoms with Gasteiger partial charge in [0.25, 0.3) is 0 Å². The number of unbranched alkanes of at least 4 members (excludes halogenated alkanes) is 19. The van der Waals surface area contributed by atoms with Crippen LogP contribution in [-0.4, -0.2) is 49.3 Å². The van der Waals surface area contributed by atoms with Crippen LogP contribution in [-0.2, 0) is 32.7 Å². The molecule has 0 saturated carbocycles. The standard InChI is InChI=1S/C71H116NO8P/c1-3-5-7-9-11-13-15-17-19-21-23-25-27-29-31-32-33-34-35-36-38-39-41-43-45-47-49-51-53-55-57-59-61-63-70(73)77-67-69(68-79-81(75,76)78-66-65-72)80-71(74)64-62-60-58-56-54-52-50-48-46-44-42-40-37-30-28-26-24-22-20-18-16-14-12-10-8-6-4-2/h5-8,11-14,17-20,23-26,29-31,37,42,44,48,50,54,56,69H,3-4,9-10,15-16,21-22,27-28,32-36,38-41,43,45-47,49,51-53,55,57-68,72H2,1-2H3,(H,75,76)/b7-5-,8-6-,13-11-,14-12-,19-17-,20-18-,25-23-,26-24-,31-29-,37-30-,44-42-,50-48-,56-54-. The Hall–Kier alpha value is -4.37. The van der Waals surface area contributed by atoms with E-state index in [1.807, 2.05) is 0 Å². The van der Waals surface area contributed by atoms with Gasteiger partial charge in [-0.1, -0.05) is 268 Å². The molecule has 0 aliphatic carbocycles. The summed E-state index contributed by atoms with van der Waals surface area (Å²) in [4.78, 5) is 35.3. The van der Waals surface area contributed by atoms with E-state index in [4.69, 9.17) is 24.3 Å². The molecule has 3 N–H and O–H groups in total. The zero-order valence-electron chi connectivity index (χ0n) is 51.2. The first-order valence-corrected chi connectivity index (χ1v) is 33.5. The summed E-state index contributed by atoms with van der Waals surface area (Å²) in [6.45, 7) is 3.46. The molecule has 10 heteroatoms. The van der Waals surface area contributed by atoms with Gasteiger partial charge in [0.2, 0.25) is 0 Å². The highest BCUT2D eigenvalue weighted by Gasteiger charge is 2.26. The Morgan fingerprint density at radius 1 is 0.370 bits per heavy atom. The van der Waals surface area contributed by atoms with E-state index in [2.05, 4.69) is 172 Å². The van der Waals surface area contributed by atoms with Gasteiger partial charge in [0, 0.05) is 19.4 Å². The molecule has 0 spiro atoms. The van der Waals surface area contributed by atoms with Crippen LogP contribution in [0.4, 0.5) is 0 Å². The van der Waals surface area contributed by atoms with Gasteiger partial charge < -0.3 is 20.1 Å². The van der Waals surface area contributed by atoms with Gasteiger partial charge in [0.1, 0.15) is 6.61 Å². The van der Waals surface area contributed by atoms with Crippen molar-refractivity contribution in [2.24, 2.45) is 5.73 Å². The second kappa shape index (κ2) is 64.8. The number of carbonyl (C=O) groups excluding carboxylic acids is 2. The summed E-state index contributed by atoms with van der Waals surface area (Å²) >= 11 is 0. The minimum absolute atomic E-state index is 0.0384. The van der Waals surface area contributed by atoms with Crippen LogP contribution in [0.5, 0.6) is 0 Å². The van der Waals surface area contributed by atoms with Crippen LogP contribution in [0.25, 0.3) is 0 Å². The number of hydrogen-bond donors (Lipinski definition) is 2. The van der Waals surface area contributed by atoms with Gasteiger partial charge >= 0.3 is 19.8 Å². The highest BCUT2D eigenvalue weighted by atomic mass is 31.2. The summed E-state index contributed by atoms with van der Waals surface area (Å²) in [5.74, 6) is -0.886. The van der Waals surface area contributed by atoms with E-state index in [-0.39, 0.29) is 32.6 Å². The Morgan fingerprint density at radius 2 is 0.642 bits per heavy atom. The summed E-state index contributed by atoms with van der Waals surface area (Å²) in [7, 11) is -4.41. The Morgan fingerprint density at radius 3 is 0.975 bits per heavy atom. The quantitative estimate of drug-likeness (QED) is 0.0264. The average molecular weight is 1140 g/mol. The summed E-state index contributed by atoms with van der Waals surface area (Å²) in [5, 5.41) is 0. The molecule has 0 bridgehead atoms. The van der Waals surface area contributed by atoms with E-state index in [9.17, 15) is 19.0 Å². The molecule has 0 aromatic carbocycles. The molecule has 0 aromatic heterocycles. The molecule has 0 aromatic rings. The summed E-state index contributed by atoms with van der Waals surface area (Å²) in [6.07, 6.45) is 94.6. The summed E-state index contributed by atoms with van der Waals surface area (Å²) in [5.41, 5.74) is 5.39. The van der Waals surface area contributed by atoms with Crippen molar-refractivity contribution in [3.05, 3.63) is 158 Å². The van der Waals surface area contributed by atoms with Crippen molar-refractivity contribution < 1.29 is 37.6 Å². The number of ether oxygens (including phenoxy) is 2. The third-order valence-electron chi connectivity index (χ3n) is 12.9. The lowest BCUT2D eigenvalue weighted by Gasteiger charge is -2.19. The van der Waals surface area contributed by atoms with Gasteiger partial charge in [-0.15, -0.1) is 0 Å². The lowest BCUT2D eigenvalue weighted by molar-refractivity contribution is -0.161. The number of phosphoric ester groups is 1. The zero-order valence-corrected chi connectivity index (χ0v) is 52.1. The van der Waals surface area contributed by atoms with E-state index in [0.29, 0.717) is 6.42 Å². The Labute approximate surface area is 496 Å². The Balaban J connectivity index is 4.02. The SMILES string of the molecule is CC/C=C\C/C=C\C/C=C\C/C=C\C/C=C\C/C=C\C/C=C\C/C=C\CCCCC(=O)OC(COC(=O)CCCCCCCCCCCCCCCCCCC/C=C\C/C=C\C/C=C\C/C=C\C/C=C\CC)COP(=O)(O)OCCN. The van der Waals surface area contributed by atoms with Gasteiger partial charge in [-0.25, -0.2) is 4.57 Å². The molecule has 458 valence electrons. The van der Waals surface area contributed by atoms with Gasteiger partial charge in [0.05, 0.1) is 13.2 Å². The minimum atomic E-state index is -4.41. The molecule has 0 amide bonds. The van der Waals surface area contributed by atoms with Gasteiger partial charge in [-0.2, -0.15) is 0 Å². The van der Waals surface area contributed by atoms with Crippen LogP contribution in [0.1, 0.15) is 245 Å². The van der Waals surface area contributed by atoms with Crippen molar-refractivity contribution in [1.82, 2.24) is 0 Å². The number of nitrogens with two attached hydrogens (primary N) is 1. The number of phosphoric acid groups is 1. The van der Waals surface area contributed by atoms with Crippen molar-refractivity contribution in [2.75, 3.05) is 26.4 Å². The molecule has 2 unspecified atom stereocenters. The predicted octanol–water partition coefficient (Wildman–Crippen LogP) is 20.8. The maximum Gasteiger partial charge on any atom is 0.472 e. The van der Waals surface area contributed by atoms with E-state index in [0.717, 1.165) is 116 Å². The Kier molecular flexibility index (Phi) is 61.3. The molecule has 81 heavy (non-hydrogen) atoms. The van der Waals surface area contributed by atoms with E-state index >= 15 is 0 Å². The molecule has 2 atom stereocenters. The van der Waals surface area contributed by atoms with Crippen LogP contribution < -0.4 is 5.73 Å². The number of carbonyl (C=O) groups is 2.